The number of benzene rings is 2. The maximum absolute atomic E-state index is 12.9. The van der Waals surface area contributed by atoms with Crippen LogP contribution in [0.2, 0.25) is 10.0 Å². The molecule has 0 radical (unpaired) electrons. The largest absolute Gasteiger partial charge is 0.497 e. The predicted octanol–water partition coefficient (Wildman–Crippen LogP) is 5.69. The van der Waals surface area contributed by atoms with Crippen LogP contribution in [-0.2, 0) is 6.18 Å². The number of alkyl halides is 3. The van der Waals surface area contributed by atoms with Gasteiger partial charge in [-0.05, 0) is 47.5 Å². The molecule has 0 amide bonds. The molecule has 2 aromatic rings. The maximum Gasteiger partial charge on any atom is 0.416 e. The number of rotatable bonds is 2. The van der Waals surface area contributed by atoms with Gasteiger partial charge in [0.1, 0.15) is 5.75 Å². The second kappa shape index (κ2) is 5.54. The van der Waals surface area contributed by atoms with Crippen LogP contribution in [0.25, 0.3) is 11.1 Å². The summed E-state index contributed by atoms with van der Waals surface area (Å²) in [6.45, 7) is 0. The van der Waals surface area contributed by atoms with Crippen LogP contribution in [0.3, 0.4) is 0 Å². The third kappa shape index (κ3) is 3.38. The van der Waals surface area contributed by atoms with Gasteiger partial charge in [0, 0.05) is 10.0 Å². The average Bonchev–Trinajstić information content (AvgIpc) is 2.36. The lowest BCUT2D eigenvalue weighted by Gasteiger charge is -2.12. The molecule has 0 saturated carbocycles. The van der Waals surface area contributed by atoms with Gasteiger partial charge in [0.25, 0.3) is 0 Å². The van der Waals surface area contributed by atoms with Crippen molar-refractivity contribution >= 4 is 23.2 Å². The number of halogens is 5. The van der Waals surface area contributed by atoms with Crippen LogP contribution >= 0.6 is 23.2 Å². The Balaban J connectivity index is 2.61. The van der Waals surface area contributed by atoms with E-state index in [1.54, 1.807) is 12.1 Å². The highest BCUT2D eigenvalue weighted by molar-refractivity contribution is 6.35. The lowest BCUT2D eigenvalue weighted by Crippen LogP contribution is -2.05. The standard InChI is InChI=1S/C14H9Cl2F3O/c1-20-13-5-8(2-10(6-13)14(17,18)19)9-3-11(15)7-12(16)4-9/h2-7H,1H3. The van der Waals surface area contributed by atoms with Crippen LogP contribution < -0.4 is 4.74 Å². The zero-order valence-electron chi connectivity index (χ0n) is 10.3. The summed E-state index contributed by atoms with van der Waals surface area (Å²) in [4.78, 5) is 0. The molecule has 0 saturated heterocycles. The highest BCUT2D eigenvalue weighted by Crippen LogP contribution is 2.36. The van der Waals surface area contributed by atoms with Gasteiger partial charge in [0.15, 0.2) is 0 Å². The van der Waals surface area contributed by atoms with Gasteiger partial charge in [0.05, 0.1) is 12.7 Å². The van der Waals surface area contributed by atoms with E-state index in [0.717, 1.165) is 12.1 Å². The highest BCUT2D eigenvalue weighted by Gasteiger charge is 2.31. The Kier molecular flexibility index (Phi) is 4.16. The van der Waals surface area contributed by atoms with Gasteiger partial charge in [0.2, 0.25) is 0 Å². The third-order valence-electron chi connectivity index (χ3n) is 2.67. The summed E-state index contributed by atoms with van der Waals surface area (Å²) in [5, 5.41) is 0.702. The summed E-state index contributed by atoms with van der Waals surface area (Å²) in [6, 6.07) is 8.07. The van der Waals surface area contributed by atoms with E-state index in [2.05, 4.69) is 0 Å². The van der Waals surface area contributed by atoms with Crippen molar-refractivity contribution in [3.63, 3.8) is 0 Å². The molecule has 0 aliphatic carbocycles. The van der Waals surface area contributed by atoms with Crippen LogP contribution in [0.4, 0.5) is 13.2 Å². The molecule has 0 spiro atoms. The third-order valence-corrected chi connectivity index (χ3v) is 3.10. The second-order valence-electron chi connectivity index (χ2n) is 4.11. The number of hydrogen-bond acceptors (Lipinski definition) is 1. The predicted molar refractivity (Wildman–Crippen MR) is 73.5 cm³/mol. The molecular weight excluding hydrogens is 312 g/mol. The molecule has 0 aromatic heterocycles. The second-order valence-corrected chi connectivity index (χ2v) is 4.98. The molecule has 1 nitrogen and oxygen atoms in total. The zero-order valence-corrected chi connectivity index (χ0v) is 11.8. The summed E-state index contributed by atoms with van der Waals surface area (Å²) in [5.74, 6) is 0.117. The molecule has 6 heteroatoms. The highest BCUT2D eigenvalue weighted by atomic mass is 35.5. The van der Waals surface area contributed by atoms with Gasteiger partial charge in [-0.25, -0.2) is 0 Å². The van der Waals surface area contributed by atoms with Gasteiger partial charge in [-0.2, -0.15) is 13.2 Å². The van der Waals surface area contributed by atoms with Crippen molar-refractivity contribution in [2.75, 3.05) is 7.11 Å². The number of methoxy groups -OCH3 is 1. The van der Waals surface area contributed by atoms with Crippen LogP contribution in [0, 0.1) is 0 Å². The van der Waals surface area contributed by atoms with E-state index in [-0.39, 0.29) is 5.75 Å². The molecule has 0 heterocycles. The van der Waals surface area contributed by atoms with Crippen LogP contribution in [0.1, 0.15) is 5.56 Å². The average molecular weight is 321 g/mol. The molecule has 106 valence electrons. The van der Waals surface area contributed by atoms with Crippen molar-refractivity contribution in [1.29, 1.82) is 0 Å². The van der Waals surface area contributed by atoms with Gasteiger partial charge in [-0.3, -0.25) is 0 Å². The first-order valence-electron chi connectivity index (χ1n) is 5.52. The van der Waals surface area contributed by atoms with Gasteiger partial charge >= 0.3 is 6.18 Å². The zero-order chi connectivity index (χ0) is 14.9. The molecule has 20 heavy (non-hydrogen) atoms. The molecule has 0 aliphatic rings. The Morgan fingerprint density at radius 1 is 0.850 bits per heavy atom. The van der Waals surface area contributed by atoms with E-state index in [1.807, 2.05) is 0 Å². The quantitative estimate of drug-likeness (QED) is 0.690. The van der Waals surface area contributed by atoms with Gasteiger partial charge in [-0.15, -0.1) is 0 Å². The topological polar surface area (TPSA) is 9.23 Å². The van der Waals surface area contributed by atoms with E-state index < -0.39 is 11.7 Å². The lowest BCUT2D eigenvalue weighted by molar-refractivity contribution is -0.137. The molecule has 0 bridgehead atoms. The van der Waals surface area contributed by atoms with Gasteiger partial charge < -0.3 is 4.74 Å². The fraction of sp³-hybridized carbons (Fsp3) is 0.143. The minimum Gasteiger partial charge on any atom is -0.497 e. The smallest absolute Gasteiger partial charge is 0.416 e. The summed E-state index contributed by atoms with van der Waals surface area (Å²) in [6.07, 6.45) is -4.45. The molecule has 0 fully saturated rings. The van der Waals surface area contributed by atoms with Crippen molar-refractivity contribution in [1.82, 2.24) is 0 Å². The van der Waals surface area contributed by atoms with E-state index >= 15 is 0 Å². The van der Waals surface area contributed by atoms with Crippen LogP contribution in [0.15, 0.2) is 36.4 Å². The van der Waals surface area contributed by atoms with Crippen molar-refractivity contribution in [2.45, 2.75) is 6.18 Å². The van der Waals surface area contributed by atoms with Crippen molar-refractivity contribution < 1.29 is 17.9 Å². The SMILES string of the molecule is COc1cc(-c2cc(Cl)cc(Cl)c2)cc(C(F)(F)F)c1. The monoisotopic (exact) mass is 320 g/mol. The summed E-state index contributed by atoms with van der Waals surface area (Å²) < 4.78 is 43.5. The minimum absolute atomic E-state index is 0.117. The van der Waals surface area contributed by atoms with Gasteiger partial charge in [-0.1, -0.05) is 23.2 Å². The number of ether oxygens (including phenoxy) is 1. The van der Waals surface area contributed by atoms with Crippen molar-refractivity contribution in [3.05, 3.63) is 52.0 Å². The molecule has 0 atom stereocenters. The Labute approximate surface area is 123 Å². The Morgan fingerprint density at radius 3 is 1.90 bits per heavy atom. The normalized spacial score (nSPS) is 11.5. The Bertz CT molecular complexity index is 619. The van der Waals surface area contributed by atoms with Crippen molar-refractivity contribution in [3.8, 4) is 16.9 Å². The van der Waals surface area contributed by atoms with E-state index in [1.165, 1.54) is 19.2 Å². The Morgan fingerprint density at radius 2 is 1.40 bits per heavy atom. The fourth-order valence-corrected chi connectivity index (χ4v) is 2.29. The van der Waals surface area contributed by atoms with E-state index in [4.69, 9.17) is 27.9 Å². The summed E-state index contributed by atoms with van der Waals surface area (Å²) >= 11 is 11.7. The minimum atomic E-state index is -4.45. The van der Waals surface area contributed by atoms with Crippen molar-refractivity contribution in [2.24, 2.45) is 0 Å². The molecule has 0 aliphatic heterocycles. The first-order valence-corrected chi connectivity index (χ1v) is 6.28. The first kappa shape index (κ1) is 15.0. The summed E-state index contributed by atoms with van der Waals surface area (Å²) in [5.41, 5.74) is 0.0379. The van der Waals surface area contributed by atoms with E-state index in [0.29, 0.717) is 21.2 Å². The maximum atomic E-state index is 12.9. The summed E-state index contributed by atoms with van der Waals surface area (Å²) in [7, 11) is 1.31. The molecule has 2 aromatic carbocycles. The molecule has 0 unspecified atom stereocenters. The fourth-order valence-electron chi connectivity index (χ4n) is 1.77. The van der Waals surface area contributed by atoms with Crippen LogP contribution in [-0.4, -0.2) is 7.11 Å². The van der Waals surface area contributed by atoms with Crippen LogP contribution in [0.5, 0.6) is 5.75 Å². The first-order chi connectivity index (χ1) is 9.29. The lowest BCUT2D eigenvalue weighted by atomic mass is 10.0. The molecular formula is C14H9Cl2F3O. The van der Waals surface area contributed by atoms with E-state index in [9.17, 15) is 13.2 Å². The Hall–Kier alpha value is -1.39. The number of hydrogen-bond donors (Lipinski definition) is 0. The molecule has 0 N–H and O–H groups in total. The molecule has 2 rings (SSSR count).